The lowest BCUT2D eigenvalue weighted by molar-refractivity contribution is -0.138. The number of hydrogen-bond acceptors (Lipinski definition) is 5. The highest BCUT2D eigenvalue weighted by Gasteiger charge is 2.32. The number of carbonyl (C=O) groups excluding carboxylic acids is 1. The first-order valence-corrected chi connectivity index (χ1v) is 11.5. The molecule has 3 aromatic rings. The van der Waals surface area contributed by atoms with Crippen molar-refractivity contribution in [3.8, 4) is 5.75 Å². The van der Waals surface area contributed by atoms with Crippen LogP contribution in [0.5, 0.6) is 5.75 Å². The standard InChI is InChI=1S/C23H15F7N2O4S/c24-18-10-14(9-17(12-18)23(28,29)30)11-21(33)32-31-13-15-3-1-2-4-20(15)36-37(34,35)19-7-5-16(6-8-19)22(25,26)27/h1-10,12-13H,11H2,(H,32,33)/b31-13+. The van der Waals surface area contributed by atoms with E-state index >= 15 is 0 Å². The molecule has 0 aliphatic rings. The van der Waals surface area contributed by atoms with Crippen LogP contribution in [-0.2, 0) is 33.7 Å². The molecule has 1 N–H and O–H groups in total. The molecular formula is C23H15F7N2O4S. The molecule has 3 rings (SSSR count). The number of rotatable bonds is 7. The van der Waals surface area contributed by atoms with E-state index < -0.39 is 56.6 Å². The van der Waals surface area contributed by atoms with Crippen LogP contribution in [0.3, 0.4) is 0 Å². The molecule has 0 heterocycles. The zero-order valence-electron chi connectivity index (χ0n) is 18.3. The Balaban J connectivity index is 1.70. The summed E-state index contributed by atoms with van der Waals surface area (Å²) < 4.78 is 120. The Labute approximate surface area is 205 Å². The number of alkyl halides is 6. The number of benzene rings is 3. The van der Waals surface area contributed by atoms with E-state index in [-0.39, 0.29) is 22.9 Å². The summed E-state index contributed by atoms with van der Waals surface area (Å²) in [5, 5.41) is 3.59. The average molecular weight is 548 g/mol. The summed E-state index contributed by atoms with van der Waals surface area (Å²) in [6, 6.07) is 9.69. The van der Waals surface area contributed by atoms with Crippen LogP contribution in [0, 0.1) is 5.82 Å². The second kappa shape index (κ2) is 10.6. The van der Waals surface area contributed by atoms with E-state index in [1.807, 2.05) is 5.43 Å². The topological polar surface area (TPSA) is 84.8 Å². The quantitative estimate of drug-likeness (QED) is 0.187. The number of hydrazone groups is 1. The highest BCUT2D eigenvalue weighted by molar-refractivity contribution is 7.87. The third-order valence-corrected chi connectivity index (χ3v) is 5.88. The predicted molar refractivity (Wildman–Crippen MR) is 117 cm³/mol. The van der Waals surface area contributed by atoms with Gasteiger partial charge in [-0.05, 0) is 60.2 Å². The van der Waals surface area contributed by atoms with Crippen molar-refractivity contribution in [1.82, 2.24) is 5.43 Å². The molecule has 0 fully saturated rings. The SMILES string of the molecule is O=C(Cc1cc(F)cc(C(F)(F)F)c1)N/N=C/c1ccccc1OS(=O)(=O)c1ccc(C(F)(F)F)cc1. The monoisotopic (exact) mass is 548 g/mol. The van der Waals surface area contributed by atoms with Crippen molar-refractivity contribution in [2.75, 3.05) is 0 Å². The number of nitrogens with zero attached hydrogens (tertiary/aromatic N) is 1. The van der Waals surface area contributed by atoms with Gasteiger partial charge in [0.25, 0.3) is 0 Å². The number of para-hydroxylation sites is 1. The van der Waals surface area contributed by atoms with Gasteiger partial charge in [-0.2, -0.15) is 39.9 Å². The second-order valence-corrected chi connectivity index (χ2v) is 8.96. The molecule has 37 heavy (non-hydrogen) atoms. The van der Waals surface area contributed by atoms with E-state index in [9.17, 15) is 43.9 Å². The van der Waals surface area contributed by atoms with Gasteiger partial charge in [0.2, 0.25) is 5.91 Å². The van der Waals surface area contributed by atoms with Gasteiger partial charge in [-0.25, -0.2) is 9.82 Å². The molecule has 0 unspecified atom stereocenters. The van der Waals surface area contributed by atoms with E-state index in [2.05, 4.69) is 5.10 Å². The Bertz CT molecular complexity index is 1420. The lowest BCUT2D eigenvalue weighted by Crippen LogP contribution is -2.20. The molecule has 0 spiro atoms. The van der Waals surface area contributed by atoms with Crippen molar-refractivity contribution in [2.24, 2.45) is 5.10 Å². The van der Waals surface area contributed by atoms with E-state index in [1.54, 1.807) is 0 Å². The highest BCUT2D eigenvalue weighted by Crippen LogP contribution is 2.31. The first-order chi connectivity index (χ1) is 17.1. The number of hydrogen-bond donors (Lipinski definition) is 1. The predicted octanol–water partition coefficient (Wildman–Crippen LogP) is 5.32. The molecule has 0 radical (unpaired) electrons. The Hall–Kier alpha value is -3.94. The van der Waals surface area contributed by atoms with E-state index in [1.165, 1.54) is 24.3 Å². The third-order valence-electron chi connectivity index (χ3n) is 4.63. The van der Waals surface area contributed by atoms with Gasteiger partial charge in [-0.3, -0.25) is 4.79 Å². The zero-order valence-corrected chi connectivity index (χ0v) is 19.1. The number of halogens is 7. The summed E-state index contributed by atoms with van der Waals surface area (Å²) in [4.78, 5) is 11.5. The van der Waals surface area contributed by atoms with Crippen molar-refractivity contribution >= 4 is 22.2 Å². The van der Waals surface area contributed by atoms with Crippen molar-refractivity contribution < 1.29 is 48.1 Å². The lowest BCUT2D eigenvalue weighted by Gasteiger charge is -2.11. The summed E-state index contributed by atoms with van der Waals surface area (Å²) in [6.45, 7) is 0. The van der Waals surface area contributed by atoms with Crippen LogP contribution in [0.1, 0.15) is 22.3 Å². The Kier molecular flexibility index (Phi) is 7.91. The van der Waals surface area contributed by atoms with Gasteiger partial charge in [0.1, 0.15) is 10.7 Å². The van der Waals surface area contributed by atoms with Crippen LogP contribution in [0.15, 0.2) is 76.7 Å². The fraction of sp³-hybridized carbons (Fsp3) is 0.130. The molecule has 3 aromatic carbocycles. The molecule has 6 nitrogen and oxygen atoms in total. The summed E-state index contributed by atoms with van der Waals surface area (Å²) in [6.07, 6.45) is -9.14. The number of carbonyl (C=O) groups is 1. The van der Waals surface area contributed by atoms with Gasteiger partial charge < -0.3 is 4.18 Å². The number of nitrogens with one attached hydrogen (secondary N) is 1. The smallest absolute Gasteiger partial charge is 0.378 e. The van der Waals surface area contributed by atoms with Crippen LogP contribution in [0.25, 0.3) is 0 Å². The van der Waals surface area contributed by atoms with Gasteiger partial charge in [0, 0.05) is 5.56 Å². The third kappa shape index (κ3) is 7.52. The van der Waals surface area contributed by atoms with Crippen LogP contribution >= 0.6 is 0 Å². The molecule has 1 amide bonds. The zero-order chi connectivity index (χ0) is 27.4. The normalized spacial score (nSPS) is 12.5. The molecule has 0 aromatic heterocycles. The largest absolute Gasteiger partial charge is 0.416 e. The van der Waals surface area contributed by atoms with Gasteiger partial charge in [-0.15, -0.1) is 0 Å². The van der Waals surface area contributed by atoms with Crippen molar-refractivity contribution in [2.45, 2.75) is 23.7 Å². The van der Waals surface area contributed by atoms with Crippen LogP contribution in [-0.4, -0.2) is 20.5 Å². The van der Waals surface area contributed by atoms with Crippen molar-refractivity contribution in [3.05, 3.63) is 94.8 Å². The minimum absolute atomic E-state index is 0.0309. The first-order valence-electron chi connectivity index (χ1n) is 10.0. The van der Waals surface area contributed by atoms with Gasteiger partial charge in [0.15, 0.2) is 5.75 Å². The maximum Gasteiger partial charge on any atom is 0.416 e. The van der Waals surface area contributed by atoms with E-state index in [4.69, 9.17) is 4.18 Å². The molecule has 0 aliphatic heterocycles. The minimum Gasteiger partial charge on any atom is -0.378 e. The number of amides is 1. The maximum atomic E-state index is 13.5. The van der Waals surface area contributed by atoms with Crippen LogP contribution in [0.2, 0.25) is 0 Å². The molecule has 0 bridgehead atoms. The van der Waals surface area contributed by atoms with E-state index in [0.717, 1.165) is 24.4 Å². The summed E-state index contributed by atoms with van der Waals surface area (Å²) in [5.41, 5.74) is -0.530. The molecule has 0 atom stereocenters. The van der Waals surface area contributed by atoms with Crippen LogP contribution in [0.4, 0.5) is 30.7 Å². The maximum absolute atomic E-state index is 13.5. The summed E-state index contributed by atoms with van der Waals surface area (Å²) >= 11 is 0. The Morgan fingerprint density at radius 3 is 2.14 bits per heavy atom. The first kappa shape index (κ1) is 27.6. The Morgan fingerprint density at radius 1 is 0.892 bits per heavy atom. The molecular weight excluding hydrogens is 533 g/mol. The molecule has 0 saturated heterocycles. The highest BCUT2D eigenvalue weighted by atomic mass is 32.2. The molecule has 196 valence electrons. The summed E-state index contributed by atoms with van der Waals surface area (Å²) in [7, 11) is -4.54. The van der Waals surface area contributed by atoms with E-state index in [0.29, 0.717) is 18.2 Å². The van der Waals surface area contributed by atoms with Gasteiger partial charge in [-0.1, -0.05) is 12.1 Å². The molecule has 0 aliphatic carbocycles. The van der Waals surface area contributed by atoms with Crippen LogP contribution < -0.4 is 9.61 Å². The minimum atomic E-state index is -4.81. The average Bonchev–Trinajstić information content (AvgIpc) is 2.78. The van der Waals surface area contributed by atoms with Crippen molar-refractivity contribution in [1.29, 1.82) is 0 Å². The lowest BCUT2D eigenvalue weighted by atomic mass is 10.1. The van der Waals surface area contributed by atoms with Gasteiger partial charge in [0.05, 0.1) is 23.8 Å². The second-order valence-electron chi connectivity index (χ2n) is 7.41. The summed E-state index contributed by atoms with van der Waals surface area (Å²) in [5.74, 6) is -2.35. The fourth-order valence-electron chi connectivity index (χ4n) is 2.95. The Morgan fingerprint density at radius 2 is 1.51 bits per heavy atom. The molecule has 14 heteroatoms. The molecule has 0 saturated carbocycles. The fourth-order valence-corrected chi connectivity index (χ4v) is 3.91. The van der Waals surface area contributed by atoms with Gasteiger partial charge >= 0.3 is 22.5 Å². The van der Waals surface area contributed by atoms with Crippen molar-refractivity contribution in [3.63, 3.8) is 0 Å².